The van der Waals surface area contributed by atoms with Crippen LogP contribution < -0.4 is 10.3 Å². The predicted octanol–water partition coefficient (Wildman–Crippen LogP) is 2.13. The first-order valence-corrected chi connectivity index (χ1v) is 8.68. The number of hydrogen-bond donors (Lipinski definition) is 0. The van der Waals surface area contributed by atoms with Gasteiger partial charge >= 0.3 is 0 Å². The van der Waals surface area contributed by atoms with E-state index >= 15 is 0 Å². The largest absolute Gasteiger partial charge is 0.484 e. The van der Waals surface area contributed by atoms with Crippen molar-refractivity contribution in [2.45, 2.75) is 19.6 Å². The van der Waals surface area contributed by atoms with Crippen molar-refractivity contribution < 1.29 is 13.9 Å². The van der Waals surface area contributed by atoms with E-state index in [1.807, 2.05) is 18.2 Å². The molecule has 0 saturated carbocycles. The van der Waals surface area contributed by atoms with E-state index in [-0.39, 0.29) is 29.9 Å². The fourth-order valence-corrected chi connectivity index (χ4v) is 3.15. The van der Waals surface area contributed by atoms with Gasteiger partial charge in [-0.15, -0.1) is 0 Å². The highest BCUT2D eigenvalue weighted by Gasteiger charge is 2.33. The number of para-hydroxylation sites is 3. The van der Waals surface area contributed by atoms with Crippen molar-refractivity contribution >= 4 is 16.9 Å². The number of ether oxygens (including phenoxy) is 1. The van der Waals surface area contributed by atoms with Gasteiger partial charge in [0.25, 0.3) is 5.56 Å². The van der Waals surface area contributed by atoms with Gasteiger partial charge in [-0.2, -0.15) is 0 Å². The second kappa shape index (κ2) is 6.83. The molecule has 0 bridgehead atoms. The van der Waals surface area contributed by atoms with E-state index in [4.69, 9.17) is 4.74 Å². The summed E-state index contributed by atoms with van der Waals surface area (Å²) in [5.41, 5.74) is 1.38. The van der Waals surface area contributed by atoms with Crippen molar-refractivity contribution in [3.05, 3.63) is 70.4 Å². The van der Waals surface area contributed by atoms with E-state index < -0.39 is 5.82 Å². The molecule has 1 fully saturated rings. The lowest BCUT2D eigenvalue weighted by atomic mass is 10.1. The van der Waals surface area contributed by atoms with Gasteiger partial charge in [-0.25, -0.2) is 9.37 Å². The van der Waals surface area contributed by atoms with Crippen molar-refractivity contribution in [2.75, 3.05) is 13.1 Å². The summed E-state index contributed by atoms with van der Waals surface area (Å²) >= 11 is 0. The third-order valence-electron chi connectivity index (χ3n) is 4.64. The first-order valence-electron chi connectivity index (χ1n) is 8.68. The van der Waals surface area contributed by atoms with E-state index in [9.17, 15) is 14.0 Å². The van der Waals surface area contributed by atoms with E-state index in [2.05, 4.69) is 4.98 Å². The highest BCUT2D eigenvalue weighted by molar-refractivity contribution is 5.80. The van der Waals surface area contributed by atoms with Crippen LogP contribution in [0.4, 0.5) is 4.39 Å². The van der Waals surface area contributed by atoms with Crippen LogP contribution in [0.25, 0.3) is 11.0 Å². The Morgan fingerprint density at radius 2 is 1.89 bits per heavy atom. The number of carbonyl (C=O) groups is 1. The smallest absolute Gasteiger partial charge is 0.272 e. The summed E-state index contributed by atoms with van der Waals surface area (Å²) in [4.78, 5) is 30.9. The predicted molar refractivity (Wildman–Crippen MR) is 98.1 cm³/mol. The quantitative estimate of drug-likeness (QED) is 0.709. The maximum atomic E-state index is 13.6. The molecule has 0 unspecified atom stereocenters. The highest BCUT2D eigenvalue weighted by atomic mass is 19.1. The van der Waals surface area contributed by atoms with Gasteiger partial charge in [0.05, 0.1) is 24.1 Å². The van der Waals surface area contributed by atoms with Crippen molar-refractivity contribution in [3.63, 3.8) is 0 Å². The van der Waals surface area contributed by atoms with Crippen LogP contribution in [0.15, 0.2) is 53.3 Å². The molecule has 138 valence electrons. The Labute approximate surface area is 154 Å². The molecule has 7 heteroatoms. The molecule has 2 heterocycles. The van der Waals surface area contributed by atoms with Crippen molar-refractivity contribution in [3.8, 4) is 5.75 Å². The van der Waals surface area contributed by atoms with Gasteiger partial charge in [0.2, 0.25) is 5.91 Å². The maximum absolute atomic E-state index is 13.6. The van der Waals surface area contributed by atoms with Gasteiger partial charge in [-0.3, -0.25) is 14.2 Å². The molecule has 0 radical (unpaired) electrons. The Morgan fingerprint density at radius 3 is 2.67 bits per heavy atom. The molecule has 6 nitrogen and oxygen atoms in total. The number of halogens is 1. The highest BCUT2D eigenvalue weighted by Crippen LogP contribution is 2.21. The third kappa shape index (κ3) is 3.28. The molecule has 4 rings (SSSR count). The molecule has 1 aromatic heterocycles. The van der Waals surface area contributed by atoms with Crippen LogP contribution in [-0.2, 0) is 11.3 Å². The lowest BCUT2D eigenvalue weighted by Crippen LogP contribution is -2.57. The molecule has 1 saturated heterocycles. The van der Waals surface area contributed by atoms with Crippen molar-refractivity contribution in [1.29, 1.82) is 0 Å². The number of aromatic nitrogens is 2. The van der Waals surface area contributed by atoms with Crippen LogP contribution >= 0.6 is 0 Å². The van der Waals surface area contributed by atoms with Crippen LogP contribution in [0.2, 0.25) is 0 Å². The number of benzene rings is 2. The Bertz CT molecular complexity index is 1070. The van der Waals surface area contributed by atoms with Gasteiger partial charge < -0.3 is 9.64 Å². The molecule has 0 spiro atoms. The summed E-state index contributed by atoms with van der Waals surface area (Å²) in [6.07, 6.45) is -0.251. The number of rotatable bonds is 4. The summed E-state index contributed by atoms with van der Waals surface area (Å²) in [6.45, 7) is 2.31. The van der Waals surface area contributed by atoms with Crippen molar-refractivity contribution in [1.82, 2.24) is 14.5 Å². The van der Waals surface area contributed by atoms with E-state index in [0.717, 1.165) is 0 Å². The number of carbonyl (C=O) groups excluding carboxylic acids is 1. The number of nitrogens with zero attached hydrogens (tertiary/aromatic N) is 3. The van der Waals surface area contributed by atoms with E-state index in [0.29, 0.717) is 29.8 Å². The van der Waals surface area contributed by atoms with Gasteiger partial charge in [-0.1, -0.05) is 24.3 Å². The zero-order chi connectivity index (χ0) is 19.0. The third-order valence-corrected chi connectivity index (χ3v) is 4.64. The number of amides is 1. The zero-order valence-electron chi connectivity index (χ0n) is 14.8. The molecule has 3 aromatic rings. The SMILES string of the molecule is Cc1nc2ccccc2n(CC(=O)N2CC(Oc3ccccc3F)C2)c1=O. The minimum absolute atomic E-state index is 0.0604. The molecule has 1 aliphatic rings. The summed E-state index contributed by atoms with van der Waals surface area (Å²) in [5, 5.41) is 0. The topological polar surface area (TPSA) is 64.4 Å². The number of fused-ring (bicyclic) bond motifs is 1. The van der Waals surface area contributed by atoms with E-state index in [1.165, 1.54) is 10.6 Å². The van der Waals surface area contributed by atoms with Gasteiger partial charge in [0.15, 0.2) is 11.6 Å². The van der Waals surface area contributed by atoms with E-state index in [1.54, 1.807) is 36.1 Å². The minimum atomic E-state index is -0.424. The van der Waals surface area contributed by atoms with Crippen LogP contribution in [0.5, 0.6) is 5.75 Å². The van der Waals surface area contributed by atoms with Gasteiger partial charge in [0.1, 0.15) is 18.3 Å². The fourth-order valence-electron chi connectivity index (χ4n) is 3.15. The normalized spacial score (nSPS) is 14.2. The first kappa shape index (κ1) is 17.2. The molecule has 2 aromatic carbocycles. The molecule has 0 atom stereocenters. The number of aryl methyl sites for hydroxylation is 1. The summed E-state index contributed by atoms with van der Waals surface area (Å²) < 4.78 is 20.7. The average molecular weight is 367 g/mol. The first-order chi connectivity index (χ1) is 13.0. The van der Waals surface area contributed by atoms with Crippen LogP contribution in [0.1, 0.15) is 5.69 Å². The summed E-state index contributed by atoms with van der Waals surface area (Å²) in [5.74, 6) is -0.421. The molecule has 0 aliphatic carbocycles. The minimum Gasteiger partial charge on any atom is -0.484 e. The van der Waals surface area contributed by atoms with Crippen molar-refractivity contribution in [2.24, 2.45) is 0 Å². The molecule has 0 N–H and O–H groups in total. The summed E-state index contributed by atoms with van der Waals surface area (Å²) in [6, 6.07) is 13.4. The second-order valence-electron chi connectivity index (χ2n) is 6.55. The van der Waals surface area contributed by atoms with Gasteiger partial charge in [0, 0.05) is 0 Å². The maximum Gasteiger partial charge on any atom is 0.272 e. The molecule has 1 aliphatic heterocycles. The fraction of sp³-hybridized carbons (Fsp3) is 0.250. The van der Waals surface area contributed by atoms with Crippen LogP contribution in [0, 0.1) is 12.7 Å². The van der Waals surface area contributed by atoms with Gasteiger partial charge in [-0.05, 0) is 31.2 Å². The Hall–Kier alpha value is -3.22. The molecular formula is C20H18FN3O3. The number of likely N-dealkylation sites (tertiary alicyclic amines) is 1. The Morgan fingerprint density at radius 1 is 1.19 bits per heavy atom. The average Bonchev–Trinajstić information content (AvgIpc) is 2.63. The standard InChI is InChI=1S/C20H18FN3O3/c1-13-20(26)24(17-8-4-3-7-16(17)22-13)12-19(25)23-10-14(11-23)27-18-9-5-2-6-15(18)21/h2-9,14H,10-12H2,1H3. The Balaban J connectivity index is 1.46. The Kier molecular flexibility index (Phi) is 4.35. The second-order valence-corrected chi connectivity index (χ2v) is 6.55. The number of hydrogen-bond acceptors (Lipinski definition) is 4. The molecule has 1 amide bonds. The monoisotopic (exact) mass is 367 g/mol. The van der Waals surface area contributed by atoms with Crippen LogP contribution in [-0.4, -0.2) is 39.6 Å². The zero-order valence-corrected chi connectivity index (χ0v) is 14.8. The summed E-state index contributed by atoms with van der Waals surface area (Å²) in [7, 11) is 0. The molecule has 27 heavy (non-hydrogen) atoms. The lowest BCUT2D eigenvalue weighted by Gasteiger charge is -2.39. The lowest BCUT2D eigenvalue weighted by molar-refractivity contribution is -0.140. The van der Waals surface area contributed by atoms with Crippen LogP contribution in [0.3, 0.4) is 0 Å². The molecular weight excluding hydrogens is 349 g/mol.